The normalized spacial score (nSPS) is 10.5. The summed E-state index contributed by atoms with van der Waals surface area (Å²) >= 11 is 9.02. The Morgan fingerprint density at radius 3 is 2.79 bits per heavy atom. The molecule has 2 rings (SSSR count). The molecule has 0 saturated carbocycles. The van der Waals surface area contributed by atoms with Gasteiger partial charge in [-0.05, 0) is 52.3 Å². The minimum absolute atomic E-state index is 0.0901. The third-order valence-corrected chi connectivity index (χ3v) is 3.21. The minimum Gasteiger partial charge on any atom is -0.209 e. The molecule has 0 amide bonds. The second-order valence-corrected chi connectivity index (χ2v) is 5.41. The van der Waals surface area contributed by atoms with E-state index in [4.69, 9.17) is 11.6 Å². The fraction of sp³-hybridized carbons (Fsp3) is 0. The number of hydrogen-bond donors (Lipinski definition) is 0. The Balaban J connectivity index is 2.47. The van der Waals surface area contributed by atoms with Crippen molar-refractivity contribution in [3.63, 3.8) is 0 Å². The molecule has 0 fully saturated rings. The third kappa shape index (κ3) is 2.04. The van der Waals surface area contributed by atoms with E-state index in [2.05, 4.69) is 31.9 Å². The highest BCUT2D eigenvalue weighted by Gasteiger charge is 2.07. The molecule has 2 aromatic rings. The van der Waals surface area contributed by atoms with Crippen LogP contribution in [0.3, 0.4) is 0 Å². The molecule has 0 bridgehead atoms. The fourth-order valence-electron chi connectivity index (χ4n) is 0.957. The Bertz CT molecular complexity index is 474. The summed E-state index contributed by atoms with van der Waals surface area (Å²) in [7, 11) is 0. The molecule has 0 radical (unpaired) electrons. The molecule has 14 heavy (non-hydrogen) atoms. The maximum atomic E-state index is 12.8. The average Bonchev–Trinajstić information content (AvgIpc) is 2.57. The number of benzene rings is 1. The van der Waals surface area contributed by atoms with Gasteiger partial charge in [0.1, 0.15) is 5.82 Å². The Labute approximate surface area is 102 Å². The first-order chi connectivity index (χ1) is 6.66. The lowest BCUT2D eigenvalue weighted by molar-refractivity contribution is 0.628. The second-order valence-electron chi connectivity index (χ2n) is 2.50. The SMILES string of the molecule is Fc1ccc(-c2nsc(I)n2)cc1Cl. The van der Waals surface area contributed by atoms with Gasteiger partial charge in [-0.2, -0.15) is 4.37 Å². The Hall–Kier alpha value is -0.270. The first kappa shape index (κ1) is 10.3. The Morgan fingerprint density at radius 1 is 1.43 bits per heavy atom. The van der Waals surface area contributed by atoms with E-state index in [0.29, 0.717) is 5.82 Å². The first-order valence-corrected chi connectivity index (χ1v) is 5.84. The maximum absolute atomic E-state index is 12.8. The van der Waals surface area contributed by atoms with Crippen molar-refractivity contribution in [3.8, 4) is 11.4 Å². The second kappa shape index (κ2) is 4.08. The van der Waals surface area contributed by atoms with E-state index in [-0.39, 0.29) is 5.02 Å². The molecular formula is C8H3ClFIN2S. The van der Waals surface area contributed by atoms with Gasteiger partial charge in [-0.1, -0.05) is 11.6 Å². The molecule has 0 aliphatic heterocycles. The number of aromatic nitrogens is 2. The summed E-state index contributed by atoms with van der Waals surface area (Å²) in [5.41, 5.74) is 0.732. The van der Waals surface area contributed by atoms with Crippen molar-refractivity contribution in [2.24, 2.45) is 0 Å². The molecule has 1 aromatic carbocycles. The van der Waals surface area contributed by atoms with E-state index in [1.54, 1.807) is 6.07 Å². The van der Waals surface area contributed by atoms with Crippen LogP contribution in [0, 0.1) is 8.83 Å². The zero-order valence-corrected chi connectivity index (χ0v) is 10.4. The maximum Gasteiger partial charge on any atom is 0.174 e. The molecule has 1 heterocycles. The summed E-state index contributed by atoms with van der Waals surface area (Å²) < 4.78 is 17.8. The quantitative estimate of drug-likeness (QED) is 0.741. The van der Waals surface area contributed by atoms with Crippen LogP contribution in [0.15, 0.2) is 18.2 Å². The van der Waals surface area contributed by atoms with E-state index in [1.165, 1.54) is 23.7 Å². The van der Waals surface area contributed by atoms with Crippen LogP contribution >= 0.6 is 45.7 Å². The predicted octanol–water partition coefficient (Wildman–Crippen LogP) is 3.60. The van der Waals surface area contributed by atoms with Crippen LogP contribution in [0.4, 0.5) is 4.39 Å². The fourth-order valence-corrected chi connectivity index (χ4v) is 2.10. The molecule has 0 N–H and O–H groups in total. The van der Waals surface area contributed by atoms with Gasteiger partial charge in [0.25, 0.3) is 0 Å². The molecular weight excluding hydrogens is 338 g/mol. The van der Waals surface area contributed by atoms with E-state index in [9.17, 15) is 4.39 Å². The van der Waals surface area contributed by atoms with E-state index >= 15 is 0 Å². The predicted molar refractivity (Wildman–Crippen MR) is 63.0 cm³/mol. The number of hydrogen-bond acceptors (Lipinski definition) is 3. The molecule has 2 nitrogen and oxygen atoms in total. The molecule has 0 aliphatic carbocycles. The lowest BCUT2D eigenvalue weighted by Crippen LogP contribution is -1.83. The Kier molecular flexibility index (Phi) is 2.99. The number of nitrogens with zero attached hydrogens (tertiary/aromatic N) is 2. The zero-order chi connectivity index (χ0) is 10.1. The number of halogens is 3. The van der Waals surface area contributed by atoms with Crippen LogP contribution in [0.2, 0.25) is 5.02 Å². The van der Waals surface area contributed by atoms with Crippen molar-refractivity contribution in [1.82, 2.24) is 9.36 Å². The molecule has 0 spiro atoms. The van der Waals surface area contributed by atoms with Gasteiger partial charge in [0, 0.05) is 5.56 Å². The molecule has 0 unspecified atom stereocenters. The molecule has 0 saturated heterocycles. The van der Waals surface area contributed by atoms with Crippen molar-refractivity contribution in [2.75, 3.05) is 0 Å². The van der Waals surface area contributed by atoms with Gasteiger partial charge >= 0.3 is 0 Å². The van der Waals surface area contributed by atoms with Crippen LogP contribution in [0.5, 0.6) is 0 Å². The summed E-state index contributed by atoms with van der Waals surface area (Å²) in [5, 5.41) is 0.0901. The van der Waals surface area contributed by atoms with Crippen molar-refractivity contribution < 1.29 is 4.39 Å². The van der Waals surface area contributed by atoms with Gasteiger partial charge in [-0.3, -0.25) is 0 Å². The summed E-state index contributed by atoms with van der Waals surface area (Å²) in [6, 6.07) is 4.44. The lowest BCUT2D eigenvalue weighted by Gasteiger charge is -1.96. The zero-order valence-electron chi connectivity index (χ0n) is 6.67. The summed E-state index contributed by atoms with van der Waals surface area (Å²) in [6.07, 6.45) is 0. The minimum atomic E-state index is -0.430. The van der Waals surface area contributed by atoms with E-state index in [0.717, 1.165) is 8.58 Å². The summed E-state index contributed by atoms with van der Waals surface area (Å²) in [4.78, 5) is 4.16. The molecule has 0 aliphatic rings. The highest BCUT2D eigenvalue weighted by Crippen LogP contribution is 2.24. The van der Waals surface area contributed by atoms with Crippen molar-refractivity contribution in [1.29, 1.82) is 0 Å². The van der Waals surface area contributed by atoms with Crippen LogP contribution in [-0.4, -0.2) is 9.36 Å². The van der Waals surface area contributed by atoms with Gasteiger partial charge in [-0.15, -0.1) is 0 Å². The van der Waals surface area contributed by atoms with Crippen LogP contribution in [-0.2, 0) is 0 Å². The smallest absolute Gasteiger partial charge is 0.174 e. The van der Waals surface area contributed by atoms with Crippen molar-refractivity contribution >= 4 is 45.7 Å². The third-order valence-electron chi connectivity index (χ3n) is 1.58. The van der Waals surface area contributed by atoms with Gasteiger partial charge in [-0.25, -0.2) is 9.37 Å². The standard InChI is InChI=1S/C8H3ClFIN2S/c9-5-3-4(1-2-6(5)10)7-12-8(11)14-13-7/h1-3H. The van der Waals surface area contributed by atoms with Gasteiger partial charge in [0.2, 0.25) is 0 Å². The highest BCUT2D eigenvalue weighted by atomic mass is 127. The van der Waals surface area contributed by atoms with Crippen molar-refractivity contribution in [2.45, 2.75) is 0 Å². The van der Waals surface area contributed by atoms with E-state index < -0.39 is 5.82 Å². The summed E-state index contributed by atoms with van der Waals surface area (Å²) in [6.45, 7) is 0. The monoisotopic (exact) mass is 340 g/mol. The number of rotatable bonds is 1. The van der Waals surface area contributed by atoms with Crippen molar-refractivity contribution in [3.05, 3.63) is 32.1 Å². The largest absolute Gasteiger partial charge is 0.209 e. The Morgan fingerprint density at radius 2 is 2.21 bits per heavy atom. The molecule has 6 heteroatoms. The first-order valence-electron chi connectivity index (χ1n) is 3.61. The van der Waals surface area contributed by atoms with Gasteiger partial charge in [0.15, 0.2) is 8.84 Å². The highest BCUT2D eigenvalue weighted by molar-refractivity contribution is 14.1. The van der Waals surface area contributed by atoms with Crippen LogP contribution in [0.25, 0.3) is 11.4 Å². The topological polar surface area (TPSA) is 25.8 Å². The summed E-state index contributed by atoms with van der Waals surface area (Å²) in [5.74, 6) is 0.154. The molecule has 72 valence electrons. The van der Waals surface area contributed by atoms with Gasteiger partial charge in [0.05, 0.1) is 5.02 Å². The van der Waals surface area contributed by atoms with E-state index in [1.807, 2.05) is 0 Å². The molecule has 1 aromatic heterocycles. The van der Waals surface area contributed by atoms with Crippen LogP contribution in [0.1, 0.15) is 0 Å². The average molecular weight is 341 g/mol. The molecule has 0 atom stereocenters. The van der Waals surface area contributed by atoms with Gasteiger partial charge < -0.3 is 0 Å². The lowest BCUT2D eigenvalue weighted by atomic mass is 10.2. The van der Waals surface area contributed by atoms with Crippen LogP contribution < -0.4 is 0 Å².